The van der Waals surface area contributed by atoms with Gasteiger partial charge in [-0.05, 0) is 32.4 Å². The summed E-state index contributed by atoms with van der Waals surface area (Å²) >= 11 is 7.68. The molecule has 0 N–H and O–H groups in total. The van der Waals surface area contributed by atoms with Crippen LogP contribution in [0.4, 0.5) is 0 Å². The summed E-state index contributed by atoms with van der Waals surface area (Å²) in [4.78, 5) is 9.37. The molecule has 18 heavy (non-hydrogen) atoms. The summed E-state index contributed by atoms with van der Waals surface area (Å²) in [5.74, 6) is 1.89. The molecule has 0 unspecified atom stereocenters. The minimum absolute atomic E-state index is 0.506. The fourth-order valence-corrected chi connectivity index (χ4v) is 3.50. The van der Waals surface area contributed by atoms with Crippen LogP contribution in [0.2, 0.25) is 5.15 Å². The molecule has 0 saturated carbocycles. The molecule has 0 spiro atoms. The average molecular weight is 279 g/mol. The smallest absolute Gasteiger partial charge is 0.150 e. The van der Waals surface area contributed by atoms with Crippen molar-refractivity contribution in [3.63, 3.8) is 0 Å². The van der Waals surface area contributed by atoms with Gasteiger partial charge in [-0.1, -0.05) is 11.6 Å². The second kappa shape index (κ2) is 4.07. The summed E-state index contributed by atoms with van der Waals surface area (Å²) in [5.41, 5.74) is 3.20. The van der Waals surface area contributed by atoms with Crippen LogP contribution >= 0.6 is 22.9 Å². The van der Waals surface area contributed by atoms with Crippen LogP contribution in [0, 0.1) is 20.8 Å². The Morgan fingerprint density at radius 3 is 2.56 bits per heavy atom. The second-order valence-corrected chi connectivity index (χ2v) is 5.61. The van der Waals surface area contributed by atoms with Gasteiger partial charge in [0.25, 0.3) is 0 Å². The number of aromatic nitrogens is 2. The molecule has 5 heteroatoms. The fourth-order valence-electron chi connectivity index (χ4n) is 2.10. The van der Waals surface area contributed by atoms with E-state index in [4.69, 9.17) is 16.0 Å². The highest BCUT2D eigenvalue weighted by atomic mass is 35.5. The first-order valence-electron chi connectivity index (χ1n) is 5.55. The molecule has 0 aliphatic carbocycles. The third-order valence-electron chi connectivity index (χ3n) is 3.08. The van der Waals surface area contributed by atoms with Gasteiger partial charge in [0.2, 0.25) is 0 Å². The minimum Gasteiger partial charge on any atom is -0.466 e. The van der Waals surface area contributed by atoms with Crippen LogP contribution in [0.5, 0.6) is 0 Å². The highest BCUT2D eigenvalue weighted by molar-refractivity contribution is 7.22. The molecule has 0 aromatic carbocycles. The number of halogens is 1. The molecule has 0 aliphatic rings. The van der Waals surface area contributed by atoms with Gasteiger partial charge in [0, 0.05) is 10.4 Å². The van der Waals surface area contributed by atoms with E-state index >= 15 is 0 Å². The van der Waals surface area contributed by atoms with Gasteiger partial charge in [-0.25, -0.2) is 9.97 Å². The number of thiophene rings is 1. The Morgan fingerprint density at radius 1 is 1.17 bits per heavy atom. The first kappa shape index (κ1) is 11.7. The molecule has 0 fully saturated rings. The van der Waals surface area contributed by atoms with E-state index in [1.807, 2.05) is 19.9 Å². The van der Waals surface area contributed by atoms with Crippen molar-refractivity contribution in [2.24, 2.45) is 0 Å². The first-order chi connectivity index (χ1) is 8.58. The minimum atomic E-state index is 0.506. The van der Waals surface area contributed by atoms with Gasteiger partial charge in [-0.15, -0.1) is 11.3 Å². The number of aryl methyl sites for hydroxylation is 2. The zero-order chi connectivity index (χ0) is 12.9. The number of hydrogen-bond acceptors (Lipinski definition) is 4. The zero-order valence-corrected chi connectivity index (χ0v) is 11.8. The molecule has 0 radical (unpaired) electrons. The van der Waals surface area contributed by atoms with Crippen molar-refractivity contribution in [2.75, 3.05) is 0 Å². The number of fused-ring (bicyclic) bond motifs is 1. The summed E-state index contributed by atoms with van der Waals surface area (Å²) < 4.78 is 6.59. The predicted octanol–water partition coefficient (Wildman–Crippen LogP) is 4.53. The van der Waals surface area contributed by atoms with Crippen molar-refractivity contribution >= 4 is 33.2 Å². The maximum absolute atomic E-state index is 6.08. The van der Waals surface area contributed by atoms with Crippen LogP contribution < -0.4 is 0 Å². The second-order valence-electron chi connectivity index (χ2n) is 4.20. The van der Waals surface area contributed by atoms with Gasteiger partial charge in [-0.2, -0.15) is 0 Å². The molecule has 3 aromatic heterocycles. The molecule has 0 bridgehead atoms. The normalized spacial score (nSPS) is 11.3. The number of nitrogens with zero attached hydrogens (tertiary/aromatic N) is 2. The number of furan rings is 1. The molecule has 3 rings (SSSR count). The molecule has 0 atom stereocenters. The number of rotatable bonds is 1. The maximum atomic E-state index is 6.08. The Kier molecular flexibility index (Phi) is 2.64. The van der Waals surface area contributed by atoms with Gasteiger partial charge < -0.3 is 4.42 Å². The standard InChI is InChI=1S/C13H11ClN2OS/c1-6-7(2)17-8(3)11(6)10-4-9-12(18-10)13(14)16-5-15-9/h4-5H,1-3H3. The number of hydrogen-bond donors (Lipinski definition) is 0. The SMILES string of the molecule is Cc1oc(C)c(-c2cc3ncnc(Cl)c3s2)c1C. The lowest BCUT2D eigenvalue weighted by Crippen LogP contribution is -1.77. The van der Waals surface area contributed by atoms with Gasteiger partial charge in [-0.3, -0.25) is 0 Å². The van der Waals surface area contributed by atoms with Gasteiger partial charge in [0.15, 0.2) is 0 Å². The molecule has 3 heterocycles. The highest BCUT2D eigenvalue weighted by Gasteiger charge is 2.16. The third-order valence-corrected chi connectivity index (χ3v) is 4.62. The summed E-state index contributed by atoms with van der Waals surface area (Å²) in [7, 11) is 0. The van der Waals surface area contributed by atoms with Crippen LogP contribution in [0.15, 0.2) is 16.8 Å². The average Bonchev–Trinajstić information content (AvgIpc) is 2.83. The Bertz CT molecular complexity index is 745. The predicted molar refractivity (Wildman–Crippen MR) is 74.3 cm³/mol. The lowest BCUT2D eigenvalue weighted by atomic mass is 10.1. The summed E-state index contributed by atoms with van der Waals surface area (Å²) in [5, 5.41) is 0.506. The van der Waals surface area contributed by atoms with E-state index in [1.54, 1.807) is 11.3 Å². The summed E-state index contributed by atoms with van der Waals surface area (Å²) in [6.45, 7) is 6.03. The van der Waals surface area contributed by atoms with Crippen LogP contribution in [-0.4, -0.2) is 9.97 Å². The summed E-state index contributed by atoms with van der Waals surface area (Å²) in [6, 6.07) is 2.04. The van der Waals surface area contributed by atoms with Crippen LogP contribution in [0.25, 0.3) is 20.7 Å². The van der Waals surface area contributed by atoms with E-state index in [-0.39, 0.29) is 0 Å². The molecule has 3 aromatic rings. The maximum Gasteiger partial charge on any atom is 0.150 e. The van der Waals surface area contributed by atoms with E-state index in [0.29, 0.717) is 5.15 Å². The van der Waals surface area contributed by atoms with Crippen molar-refractivity contribution in [2.45, 2.75) is 20.8 Å². The van der Waals surface area contributed by atoms with E-state index in [1.165, 1.54) is 11.9 Å². The van der Waals surface area contributed by atoms with Crippen LogP contribution in [0.1, 0.15) is 17.1 Å². The Morgan fingerprint density at radius 2 is 1.94 bits per heavy atom. The summed E-state index contributed by atoms with van der Waals surface area (Å²) in [6.07, 6.45) is 1.49. The monoisotopic (exact) mass is 278 g/mol. The van der Waals surface area contributed by atoms with Crippen molar-refractivity contribution in [3.8, 4) is 10.4 Å². The zero-order valence-electron chi connectivity index (χ0n) is 10.2. The molecule has 0 saturated heterocycles. The van der Waals surface area contributed by atoms with Crippen molar-refractivity contribution in [1.29, 1.82) is 0 Å². The Balaban J connectivity index is 2.29. The van der Waals surface area contributed by atoms with Crippen molar-refractivity contribution < 1.29 is 4.42 Å². The molecule has 92 valence electrons. The third kappa shape index (κ3) is 1.64. The first-order valence-corrected chi connectivity index (χ1v) is 6.74. The molecular formula is C13H11ClN2OS. The Labute approximate surface area is 113 Å². The fraction of sp³-hybridized carbons (Fsp3) is 0.231. The molecule has 0 amide bonds. The molecular weight excluding hydrogens is 268 g/mol. The van der Waals surface area contributed by atoms with Gasteiger partial charge >= 0.3 is 0 Å². The van der Waals surface area contributed by atoms with Gasteiger partial charge in [0.1, 0.15) is 23.0 Å². The van der Waals surface area contributed by atoms with E-state index in [0.717, 1.165) is 32.2 Å². The van der Waals surface area contributed by atoms with E-state index in [2.05, 4.69) is 16.9 Å². The van der Waals surface area contributed by atoms with Crippen molar-refractivity contribution in [1.82, 2.24) is 9.97 Å². The Hall–Kier alpha value is -1.39. The van der Waals surface area contributed by atoms with Crippen LogP contribution in [-0.2, 0) is 0 Å². The van der Waals surface area contributed by atoms with Crippen LogP contribution in [0.3, 0.4) is 0 Å². The van der Waals surface area contributed by atoms with Gasteiger partial charge in [0.05, 0.1) is 10.2 Å². The lowest BCUT2D eigenvalue weighted by molar-refractivity contribution is 0.503. The molecule has 0 aliphatic heterocycles. The molecule has 3 nitrogen and oxygen atoms in total. The largest absolute Gasteiger partial charge is 0.466 e. The highest BCUT2D eigenvalue weighted by Crippen LogP contribution is 2.39. The van der Waals surface area contributed by atoms with Crippen molar-refractivity contribution in [3.05, 3.63) is 34.6 Å². The van der Waals surface area contributed by atoms with E-state index < -0.39 is 0 Å². The topological polar surface area (TPSA) is 38.9 Å². The van der Waals surface area contributed by atoms with E-state index in [9.17, 15) is 0 Å². The lowest BCUT2D eigenvalue weighted by Gasteiger charge is -1.95. The quantitative estimate of drug-likeness (QED) is 0.614.